The van der Waals surface area contributed by atoms with Gasteiger partial charge in [0.1, 0.15) is 0 Å². The normalized spacial score (nSPS) is 52.8. The lowest BCUT2D eigenvalue weighted by molar-refractivity contribution is 1.00. The Balaban J connectivity index is 2.17. The molecule has 0 aromatic rings. The summed E-state index contributed by atoms with van der Waals surface area (Å²) in [7, 11) is 0. The number of allylic oxidation sites excluding steroid dienone is 6. The molecule has 0 spiro atoms. The number of hydrogen-bond donors (Lipinski definition) is 0. The van der Waals surface area contributed by atoms with Gasteiger partial charge in [0.05, 0.1) is 0 Å². The van der Waals surface area contributed by atoms with Gasteiger partial charge in [-0.15, -0.1) is 0 Å². The molecule has 4 atom stereocenters. The van der Waals surface area contributed by atoms with E-state index >= 15 is 0 Å². The third kappa shape index (κ3) is 0.476. The predicted molar refractivity (Wildman–Crippen MR) is 41.4 cm³/mol. The number of rotatable bonds is 0. The minimum absolute atomic E-state index is 0.611. The average Bonchev–Trinajstić information content (AvgIpc) is 2.67. The molecule has 4 aliphatic carbocycles. The van der Waals surface area contributed by atoms with Crippen LogP contribution in [-0.2, 0) is 0 Å². The molecule has 0 nitrogen and oxygen atoms in total. The molecular formula is C10H10. The summed E-state index contributed by atoms with van der Waals surface area (Å²) in [4.78, 5) is 0. The molecule has 0 N–H and O–H groups in total. The van der Waals surface area contributed by atoms with Gasteiger partial charge in [-0.25, -0.2) is 0 Å². The van der Waals surface area contributed by atoms with E-state index in [1.807, 2.05) is 0 Å². The predicted octanol–water partition coefficient (Wildman–Crippen LogP) is 2.16. The van der Waals surface area contributed by atoms with Crippen LogP contribution in [0.2, 0.25) is 0 Å². The summed E-state index contributed by atoms with van der Waals surface area (Å²) in [6, 6.07) is 0. The van der Waals surface area contributed by atoms with E-state index in [0.29, 0.717) is 5.92 Å². The molecule has 4 rings (SSSR count). The molecular weight excluding hydrogens is 121 g/mol. The minimum atomic E-state index is 0.611. The second kappa shape index (κ2) is 1.45. The van der Waals surface area contributed by atoms with E-state index < -0.39 is 0 Å². The quantitative estimate of drug-likeness (QED) is 0.349. The number of hydrogen-bond acceptors (Lipinski definition) is 0. The molecule has 4 bridgehead atoms. The van der Waals surface area contributed by atoms with E-state index in [1.54, 1.807) is 0 Å². The topological polar surface area (TPSA) is 0 Å². The van der Waals surface area contributed by atoms with Gasteiger partial charge in [-0.3, -0.25) is 0 Å². The van der Waals surface area contributed by atoms with Crippen molar-refractivity contribution >= 4 is 0 Å². The molecule has 0 aliphatic heterocycles. The molecule has 0 aromatic carbocycles. The fourth-order valence-corrected chi connectivity index (χ4v) is 2.12. The van der Waals surface area contributed by atoms with Crippen molar-refractivity contribution in [2.75, 3.05) is 0 Å². The molecule has 0 saturated heterocycles. The Bertz CT molecular complexity index is 196. The first-order valence-electron chi connectivity index (χ1n) is 4.00. The van der Waals surface area contributed by atoms with Gasteiger partial charge < -0.3 is 0 Å². The SMILES string of the molecule is C1=CC2C3[13CH]=CC1C=C[C@H]23. The van der Waals surface area contributed by atoms with Crippen LogP contribution in [-0.4, -0.2) is 0 Å². The Morgan fingerprint density at radius 1 is 0.500 bits per heavy atom. The van der Waals surface area contributed by atoms with Crippen molar-refractivity contribution in [2.45, 2.75) is 0 Å². The Morgan fingerprint density at radius 3 is 1.30 bits per heavy atom. The van der Waals surface area contributed by atoms with Crippen molar-refractivity contribution in [1.82, 2.24) is 0 Å². The summed E-state index contributed by atoms with van der Waals surface area (Å²) in [6.45, 7) is 0. The van der Waals surface area contributed by atoms with E-state index in [1.165, 1.54) is 0 Å². The maximum atomic E-state index is 2.39. The smallest absolute Gasteiger partial charge is 0.0127 e. The van der Waals surface area contributed by atoms with Crippen LogP contribution in [0.3, 0.4) is 0 Å². The van der Waals surface area contributed by atoms with Crippen molar-refractivity contribution in [3.05, 3.63) is 36.5 Å². The van der Waals surface area contributed by atoms with E-state index in [2.05, 4.69) is 36.5 Å². The van der Waals surface area contributed by atoms with Crippen LogP contribution in [0.1, 0.15) is 0 Å². The molecule has 4 aliphatic rings. The zero-order valence-corrected chi connectivity index (χ0v) is 5.77. The van der Waals surface area contributed by atoms with Crippen LogP contribution in [0.25, 0.3) is 0 Å². The lowest BCUT2D eigenvalue weighted by atomic mass is 10.1. The van der Waals surface area contributed by atoms with Crippen LogP contribution in [0.4, 0.5) is 0 Å². The highest BCUT2D eigenvalue weighted by atomic mass is 14.6. The second-order valence-corrected chi connectivity index (χ2v) is 3.46. The van der Waals surface area contributed by atoms with Crippen LogP contribution in [0.5, 0.6) is 0 Å². The Labute approximate surface area is 60.9 Å². The molecule has 0 radical (unpaired) electrons. The third-order valence-electron chi connectivity index (χ3n) is 2.86. The first-order chi connectivity index (χ1) is 4.95. The first-order valence-corrected chi connectivity index (χ1v) is 4.00. The van der Waals surface area contributed by atoms with Gasteiger partial charge in [0.25, 0.3) is 0 Å². The van der Waals surface area contributed by atoms with E-state index in [4.69, 9.17) is 0 Å². The minimum Gasteiger partial charge on any atom is -0.0833 e. The van der Waals surface area contributed by atoms with Crippen LogP contribution < -0.4 is 0 Å². The van der Waals surface area contributed by atoms with Crippen LogP contribution >= 0.6 is 0 Å². The fourth-order valence-electron chi connectivity index (χ4n) is 2.12. The monoisotopic (exact) mass is 131 g/mol. The fraction of sp³-hybridized carbons (Fsp3) is 0.400. The van der Waals surface area contributed by atoms with E-state index in [9.17, 15) is 0 Å². The van der Waals surface area contributed by atoms with Gasteiger partial charge in [-0.05, 0) is 17.8 Å². The lowest BCUT2D eigenvalue weighted by Crippen LogP contribution is -1.80. The molecule has 0 amide bonds. The lowest BCUT2D eigenvalue weighted by Gasteiger charge is -1.93. The van der Waals surface area contributed by atoms with Gasteiger partial charge in [0.2, 0.25) is 0 Å². The van der Waals surface area contributed by atoms with E-state index in [0.717, 1.165) is 17.8 Å². The highest BCUT2D eigenvalue weighted by Gasteiger charge is 2.46. The van der Waals surface area contributed by atoms with Crippen LogP contribution in [0.15, 0.2) is 36.5 Å². The van der Waals surface area contributed by atoms with E-state index in [-0.39, 0.29) is 0 Å². The Kier molecular flexibility index (Phi) is 0.715. The largest absolute Gasteiger partial charge is 0.0833 e. The zero-order valence-electron chi connectivity index (χ0n) is 5.77. The van der Waals surface area contributed by atoms with Gasteiger partial charge in [-0.1, -0.05) is 36.5 Å². The van der Waals surface area contributed by atoms with Gasteiger partial charge in [0.15, 0.2) is 0 Å². The first kappa shape index (κ1) is 4.95. The second-order valence-electron chi connectivity index (χ2n) is 3.46. The summed E-state index contributed by atoms with van der Waals surface area (Å²) < 4.78 is 0. The van der Waals surface area contributed by atoms with Crippen molar-refractivity contribution in [3.63, 3.8) is 0 Å². The summed E-state index contributed by atoms with van der Waals surface area (Å²) in [6.07, 6.45) is 14.1. The van der Waals surface area contributed by atoms with Gasteiger partial charge >= 0.3 is 0 Å². The Morgan fingerprint density at radius 2 is 0.900 bits per heavy atom. The summed E-state index contributed by atoms with van der Waals surface area (Å²) >= 11 is 0. The van der Waals surface area contributed by atoms with Crippen molar-refractivity contribution in [1.29, 1.82) is 0 Å². The summed E-state index contributed by atoms with van der Waals surface area (Å²) in [5.41, 5.74) is 0. The molecule has 1 fully saturated rings. The highest BCUT2D eigenvalue weighted by molar-refractivity contribution is 5.32. The van der Waals surface area contributed by atoms with Crippen LogP contribution in [0, 0.1) is 23.7 Å². The maximum Gasteiger partial charge on any atom is 0.0127 e. The zero-order chi connectivity index (χ0) is 6.55. The van der Waals surface area contributed by atoms with Crippen molar-refractivity contribution in [3.8, 4) is 0 Å². The van der Waals surface area contributed by atoms with Gasteiger partial charge in [0, 0.05) is 5.92 Å². The summed E-state index contributed by atoms with van der Waals surface area (Å²) in [5, 5.41) is 0. The Hall–Kier alpha value is -0.780. The molecule has 3 unspecified atom stereocenters. The van der Waals surface area contributed by atoms with Crippen molar-refractivity contribution in [2.24, 2.45) is 23.7 Å². The third-order valence-corrected chi connectivity index (χ3v) is 2.86. The highest BCUT2D eigenvalue weighted by Crippen LogP contribution is 2.52. The molecule has 0 aromatic heterocycles. The van der Waals surface area contributed by atoms with Gasteiger partial charge in [-0.2, -0.15) is 0 Å². The summed E-state index contributed by atoms with van der Waals surface area (Å²) in [5.74, 6) is 3.19. The molecule has 50 valence electrons. The molecule has 1 saturated carbocycles. The maximum absolute atomic E-state index is 2.39. The molecule has 10 heavy (non-hydrogen) atoms. The molecule has 0 heteroatoms. The standard InChI is InChI=1S/C10H10/c1-4-8-9-5-2-7(1)3-6-10(8)9/h1-10H/t7?,8-,9?,10?/i4+1/t7?,8?,9-,10?/m0/s1. The molecule has 0 heterocycles. The average molecular weight is 131 g/mol. The van der Waals surface area contributed by atoms with Crippen molar-refractivity contribution < 1.29 is 0 Å².